The second kappa shape index (κ2) is 7.21. The molecule has 4 rings (SSSR count). The number of carbonyl (C=O) groups excluding carboxylic acids is 1. The Morgan fingerprint density at radius 2 is 2.04 bits per heavy atom. The van der Waals surface area contributed by atoms with E-state index >= 15 is 0 Å². The molecule has 1 aliphatic rings. The number of anilines is 1. The van der Waals surface area contributed by atoms with Gasteiger partial charge in [-0.05, 0) is 42.3 Å². The van der Waals surface area contributed by atoms with Gasteiger partial charge in [0.2, 0.25) is 11.1 Å². The van der Waals surface area contributed by atoms with Gasteiger partial charge in [-0.25, -0.2) is 4.98 Å². The van der Waals surface area contributed by atoms with Crippen LogP contribution in [0.15, 0.2) is 53.7 Å². The first-order valence-electron chi connectivity index (χ1n) is 8.32. The normalized spacial score (nSPS) is 12.9. The molecular formula is C19H18N4O2S. The molecule has 0 saturated carbocycles. The first-order valence-corrected chi connectivity index (χ1v) is 9.31. The highest BCUT2D eigenvalue weighted by molar-refractivity contribution is 7.99. The lowest BCUT2D eigenvalue weighted by Crippen LogP contribution is -2.30. The van der Waals surface area contributed by atoms with E-state index in [1.165, 1.54) is 17.3 Å². The number of carbonyl (C=O) groups is 1. The van der Waals surface area contributed by atoms with E-state index in [1.54, 1.807) is 7.11 Å². The van der Waals surface area contributed by atoms with Crippen molar-refractivity contribution >= 4 is 23.4 Å². The molecule has 0 bridgehead atoms. The average molecular weight is 366 g/mol. The van der Waals surface area contributed by atoms with E-state index in [4.69, 9.17) is 4.74 Å². The fourth-order valence-corrected chi connectivity index (χ4v) is 3.66. The minimum absolute atomic E-state index is 0.0794. The number of methoxy groups -OCH3 is 1. The van der Waals surface area contributed by atoms with Crippen molar-refractivity contribution in [2.75, 3.05) is 24.3 Å². The number of aromatic amines is 1. The van der Waals surface area contributed by atoms with Gasteiger partial charge in [0.25, 0.3) is 0 Å². The smallest absolute Gasteiger partial charge is 0.237 e. The first-order chi connectivity index (χ1) is 12.7. The van der Waals surface area contributed by atoms with Crippen LogP contribution in [0.2, 0.25) is 0 Å². The van der Waals surface area contributed by atoms with E-state index in [9.17, 15) is 4.79 Å². The molecule has 1 aliphatic heterocycles. The summed E-state index contributed by atoms with van der Waals surface area (Å²) in [6.45, 7) is 0.740. The molecule has 1 aromatic heterocycles. The maximum absolute atomic E-state index is 12.6. The number of para-hydroxylation sites is 1. The van der Waals surface area contributed by atoms with Crippen LogP contribution in [0, 0.1) is 0 Å². The molecule has 1 N–H and O–H groups in total. The van der Waals surface area contributed by atoms with Crippen molar-refractivity contribution in [2.45, 2.75) is 11.6 Å². The highest BCUT2D eigenvalue weighted by Crippen LogP contribution is 2.28. The third kappa shape index (κ3) is 3.30. The molecule has 0 fully saturated rings. The van der Waals surface area contributed by atoms with Gasteiger partial charge in [0.15, 0.2) is 5.82 Å². The minimum atomic E-state index is 0.0794. The van der Waals surface area contributed by atoms with Crippen molar-refractivity contribution in [3.05, 3.63) is 54.1 Å². The fraction of sp³-hybridized carbons (Fsp3) is 0.211. The number of fused-ring (bicyclic) bond motifs is 1. The maximum Gasteiger partial charge on any atom is 0.237 e. The summed E-state index contributed by atoms with van der Waals surface area (Å²) in [5, 5.41) is 7.69. The summed E-state index contributed by atoms with van der Waals surface area (Å²) in [5.41, 5.74) is 3.17. The van der Waals surface area contributed by atoms with E-state index in [2.05, 4.69) is 21.2 Å². The summed E-state index contributed by atoms with van der Waals surface area (Å²) in [6, 6.07) is 15.6. The lowest BCUT2D eigenvalue weighted by atomic mass is 10.2. The van der Waals surface area contributed by atoms with Gasteiger partial charge in [-0.15, -0.1) is 5.10 Å². The van der Waals surface area contributed by atoms with Gasteiger partial charge < -0.3 is 9.64 Å². The van der Waals surface area contributed by atoms with E-state index in [1.807, 2.05) is 47.4 Å². The highest BCUT2D eigenvalue weighted by Gasteiger charge is 2.24. The van der Waals surface area contributed by atoms with Gasteiger partial charge in [0.05, 0.1) is 12.9 Å². The summed E-state index contributed by atoms with van der Waals surface area (Å²) in [6.07, 6.45) is 0.912. The van der Waals surface area contributed by atoms with E-state index in [0.717, 1.165) is 30.0 Å². The van der Waals surface area contributed by atoms with Crippen LogP contribution >= 0.6 is 11.8 Å². The molecule has 0 saturated heterocycles. The zero-order valence-corrected chi connectivity index (χ0v) is 15.1. The Morgan fingerprint density at radius 3 is 2.85 bits per heavy atom. The third-order valence-electron chi connectivity index (χ3n) is 4.34. The number of thioether (sulfide) groups is 1. The molecule has 7 heteroatoms. The molecule has 0 aliphatic carbocycles. The maximum atomic E-state index is 12.6. The van der Waals surface area contributed by atoms with E-state index in [0.29, 0.717) is 16.7 Å². The number of aromatic nitrogens is 3. The van der Waals surface area contributed by atoms with Gasteiger partial charge in [0, 0.05) is 17.8 Å². The number of ether oxygens (including phenoxy) is 1. The zero-order valence-electron chi connectivity index (χ0n) is 14.3. The van der Waals surface area contributed by atoms with Gasteiger partial charge in [-0.3, -0.25) is 9.89 Å². The van der Waals surface area contributed by atoms with Crippen LogP contribution in [-0.2, 0) is 11.2 Å². The number of hydrogen-bond donors (Lipinski definition) is 1. The molecule has 0 unspecified atom stereocenters. The second-order valence-corrected chi connectivity index (χ2v) is 6.85. The first kappa shape index (κ1) is 16.7. The minimum Gasteiger partial charge on any atom is -0.497 e. The molecule has 132 valence electrons. The van der Waals surface area contributed by atoms with Crippen molar-refractivity contribution in [3.63, 3.8) is 0 Å². The van der Waals surface area contributed by atoms with Crippen LogP contribution in [0.3, 0.4) is 0 Å². The van der Waals surface area contributed by atoms with Crippen LogP contribution in [0.25, 0.3) is 11.4 Å². The van der Waals surface area contributed by atoms with Crippen molar-refractivity contribution in [1.82, 2.24) is 15.2 Å². The van der Waals surface area contributed by atoms with Crippen LogP contribution < -0.4 is 9.64 Å². The summed E-state index contributed by atoms with van der Waals surface area (Å²) < 4.78 is 5.16. The molecule has 1 amide bonds. The second-order valence-electron chi connectivity index (χ2n) is 5.91. The Bertz CT molecular complexity index is 923. The summed E-state index contributed by atoms with van der Waals surface area (Å²) in [5.74, 6) is 1.86. The standard InChI is InChI=1S/C19H18N4O2S/c1-25-15-8-6-14(7-9-15)18-20-19(22-21-18)26-12-17(24)23-11-10-13-4-2-3-5-16(13)23/h2-9H,10-12H2,1H3,(H,20,21,22). The Kier molecular flexibility index (Phi) is 4.62. The quantitative estimate of drug-likeness (QED) is 0.703. The number of nitrogens with one attached hydrogen (secondary N) is 1. The molecule has 26 heavy (non-hydrogen) atoms. The molecular weight excluding hydrogens is 348 g/mol. The molecule has 6 nitrogen and oxygen atoms in total. The molecule has 3 aromatic rings. The topological polar surface area (TPSA) is 71.1 Å². The number of hydrogen-bond acceptors (Lipinski definition) is 5. The van der Waals surface area contributed by atoms with E-state index in [-0.39, 0.29) is 5.91 Å². The lowest BCUT2D eigenvalue weighted by molar-refractivity contribution is -0.116. The Morgan fingerprint density at radius 1 is 1.23 bits per heavy atom. The Labute approximate surface area is 155 Å². The Balaban J connectivity index is 1.39. The SMILES string of the molecule is COc1ccc(-c2nc(SCC(=O)N3CCc4ccccc43)n[nH]2)cc1. The number of nitrogens with zero attached hydrogens (tertiary/aromatic N) is 3. The number of amides is 1. The van der Waals surface area contributed by atoms with Crippen molar-refractivity contribution < 1.29 is 9.53 Å². The molecule has 0 radical (unpaired) electrons. The van der Waals surface area contributed by atoms with Crippen LogP contribution in [0.1, 0.15) is 5.56 Å². The third-order valence-corrected chi connectivity index (χ3v) is 5.17. The highest BCUT2D eigenvalue weighted by atomic mass is 32.2. The molecule has 0 atom stereocenters. The number of benzene rings is 2. The monoisotopic (exact) mass is 366 g/mol. The van der Waals surface area contributed by atoms with Crippen molar-refractivity contribution in [1.29, 1.82) is 0 Å². The van der Waals surface area contributed by atoms with Crippen LogP contribution in [0.4, 0.5) is 5.69 Å². The van der Waals surface area contributed by atoms with Gasteiger partial charge in [0.1, 0.15) is 5.75 Å². The van der Waals surface area contributed by atoms with E-state index < -0.39 is 0 Å². The van der Waals surface area contributed by atoms with Gasteiger partial charge in [-0.2, -0.15) is 0 Å². The van der Waals surface area contributed by atoms with Crippen molar-refractivity contribution in [3.8, 4) is 17.1 Å². The fourth-order valence-electron chi connectivity index (χ4n) is 2.99. The van der Waals surface area contributed by atoms with Crippen LogP contribution in [-0.4, -0.2) is 40.5 Å². The Hall–Kier alpha value is -2.80. The predicted octanol–water partition coefficient (Wildman–Crippen LogP) is 3.16. The summed E-state index contributed by atoms with van der Waals surface area (Å²) >= 11 is 1.34. The average Bonchev–Trinajstić information content (AvgIpc) is 3.33. The number of rotatable bonds is 5. The van der Waals surface area contributed by atoms with Gasteiger partial charge in [-0.1, -0.05) is 30.0 Å². The zero-order chi connectivity index (χ0) is 17.9. The molecule has 2 heterocycles. The largest absolute Gasteiger partial charge is 0.497 e. The number of H-pyrrole nitrogens is 1. The summed E-state index contributed by atoms with van der Waals surface area (Å²) in [7, 11) is 1.63. The van der Waals surface area contributed by atoms with Crippen LogP contribution in [0.5, 0.6) is 5.75 Å². The van der Waals surface area contributed by atoms with Gasteiger partial charge >= 0.3 is 0 Å². The summed E-state index contributed by atoms with van der Waals surface area (Å²) in [4.78, 5) is 18.9. The lowest BCUT2D eigenvalue weighted by Gasteiger charge is -2.16. The predicted molar refractivity (Wildman–Crippen MR) is 102 cm³/mol. The van der Waals surface area contributed by atoms with Crippen molar-refractivity contribution in [2.24, 2.45) is 0 Å². The molecule has 2 aromatic carbocycles. The molecule has 0 spiro atoms.